The summed E-state index contributed by atoms with van der Waals surface area (Å²) in [6.07, 6.45) is 0.857. The fourth-order valence-corrected chi connectivity index (χ4v) is 1.60. The molecular formula is C14H20FIN4O. The average molecular weight is 406 g/mol. The molecule has 0 saturated carbocycles. The lowest BCUT2D eigenvalue weighted by Gasteiger charge is -2.12. The minimum absolute atomic E-state index is 0. The molecule has 0 fully saturated rings. The molecule has 2 N–H and O–H groups in total. The number of benzene rings is 1. The molecule has 21 heavy (non-hydrogen) atoms. The minimum atomic E-state index is -0.341. The normalized spacial score (nSPS) is 10.5. The number of nitriles is 1. The Hall–Kier alpha value is -1.40. The van der Waals surface area contributed by atoms with E-state index in [0.29, 0.717) is 30.2 Å². The average Bonchev–Trinajstić information content (AvgIpc) is 2.48. The molecule has 0 heterocycles. The van der Waals surface area contributed by atoms with Crippen LogP contribution in [0.1, 0.15) is 17.5 Å². The van der Waals surface area contributed by atoms with Gasteiger partial charge in [-0.1, -0.05) is 0 Å². The van der Waals surface area contributed by atoms with Gasteiger partial charge >= 0.3 is 0 Å². The van der Waals surface area contributed by atoms with Gasteiger partial charge in [-0.05, 0) is 24.6 Å². The second-order valence-electron chi connectivity index (χ2n) is 4.12. The molecule has 5 nitrogen and oxygen atoms in total. The highest BCUT2D eigenvalue weighted by Crippen LogP contribution is 2.09. The first-order chi connectivity index (χ1) is 9.71. The van der Waals surface area contributed by atoms with Crippen LogP contribution in [0, 0.1) is 17.1 Å². The molecule has 0 bridgehead atoms. The smallest absolute Gasteiger partial charge is 0.191 e. The van der Waals surface area contributed by atoms with Crippen molar-refractivity contribution in [2.24, 2.45) is 4.99 Å². The first-order valence-electron chi connectivity index (χ1n) is 6.33. The summed E-state index contributed by atoms with van der Waals surface area (Å²) >= 11 is 0. The summed E-state index contributed by atoms with van der Waals surface area (Å²) < 4.78 is 18.5. The predicted molar refractivity (Wildman–Crippen MR) is 91.2 cm³/mol. The van der Waals surface area contributed by atoms with Gasteiger partial charge in [0, 0.05) is 39.4 Å². The maximum absolute atomic E-state index is 13.6. The van der Waals surface area contributed by atoms with E-state index in [1.165, 1.54) is 18.2 Å². The van der Waals surface area contributed by atoms with E-state index < -0.39 is 0 Å². The van der Waals surface area contributed by atoms with Crippen LogP contribution in [0.4, 0.5) is 4.39 Å². The fourth-order valence-electron chi connectivity index (χ4n) is 1.60. The van der Waals surface area contributed by atoms with Crippen molar-refractivity contribution in [1.82, 2.24) is 10.6 Å². The highest BCUT2D eigenvalue weighted by atomic mass is 127. The molecule has 0 spiro atoms. The summed E-state index contributed by atoms with van der Waals surface area (Å²) in [5, 5.41) is 14.9. The molecule has 1 rings (SSSR count). The molecule has 0 aliphatic carbocycles. The third-order valence-electron chi connectivity index (χ3n) is 2.66. The molecule has 0 atom stereocenters. The van der Waals surface area contributed by atoms with Crippen LogP contribution in [0.3, 0.4) is 0 Å². The summed E-state index contributed by atoms with van der Waals surface area (Å²) in [4.78, 5) is 4.04. The molecule has 0 radical (unpaired) electrons. The molecule has 0 saturated heterocycles. The van der Waals surface area contributed by atoms with Crippen LogP contribution < -0.4 is 10.6 Å². The topological polar surface area (TPSA) is 69.4 Å². The van der Waals surface area contributed by atoms with E-state index in [2.05, 4.69) is 15.6 Å². The van der Waals surface area contributed by atoms with Crippen LogP contribution in [-0.4, -0.2) is 33.3 Å². The molecule has 0 unspecified atom stereocenters. The fraction of sp³-hybridized carbons (Fsp3) is 0.429. The van der Waals surface area contributed by atoms with Gasteiger partial charge in [-0.25, -0.2) is 4.39 Å². The van der Waals surface area contributed by atoms with E-state index in [-0.39, 0.29) is 36.3 Å². The molecule has 0 aliphatic heterocycles. The van der Waals surface area contributed by atoms with Gasteiger partial charge in [0.25, 0.3) is 0 Å². The molecular weight excluding hydrogens is 386 g/mol. The number of guanidine groups is 1. The zero-order chi connectivity index (χ0) is 14.8. The van der Waals surface area contributed by atoms with Crippen molar-refractivity contribution in [2.75, 3.05) is 27.3 Å². The molecule has 0 aromatic heterocycles. The zero-order valence-electron chi connectivity index (χ0n) is 12.1. The molecule has 1 aromatic rings. The standard InChI is InChI=1S/C14H19FN4O.HI/c1-17-14(18-6-3-7-20-2)19-10-12-8-11(9-16)4-5-13(12)15;/h4-5,8H,3,6-7,10H2,1-2H3,(H2,17,18,19);1H. The van der Waals surface area contributed by atoms with E-state index >= 15 is 0 Å². The molecule has 1 aromatic carbocycles. The van der Waals surface area contributed by atoms with Gasteiger partial charge in [0.1, 0.15) is 5.82 Å². The van der Waals surface area contributed by atoms with E-state index in [1.54, 1.807) is 14.2 Å². The van der Waals surface area contributed by atoms with Gasteiger partial charge in [-0.15, -0.1) is 24.0 Å². The number of rotatable bonds is 6. The lowest BCUT2D eigenvalue weighted by atomic mass is 10.1. The zero-order valence-corrected chi connectivity index (χ0v) is 14.5. The number of ether oxygens (including phenoxy) is 1. The monoisotopic (exact) mass is 406 g/mol. The summed E-state index contributed by atoms with van der Waals surface area (Å²) in [5.74, 6) is 0.245. The van der Waals surface area contributed by atoms with Crippen molar-refractivity contribution in [2.45, 2.75) is 13.0 Å². The maximum Gasteiger partial charge on any atom is 0.191 e. The Morgan fingerprint density at radius 1 is 1.43 bits per heavy atom. The van der Waals surface area contributed by atoms with Gasteiger partial charge < -0.3 is 15.4 Å². The maximum atomic E-state index is 13.6. The van der Waals surface area contributed by atoms with Crippen molar-refractivity contribution in [3.8, 4) is 6.07 Å². The highest BCUT2D eigenvalue weighted by Gasteiger charge is 2.05. The van der Waals surface area contributed by atoms with Crippen molar-refractivity contribution in [3.05, 3.63) is 35.1 Å². The van der Waals surface area contributed by atoms with Crippen molar-refractivity contribution in [3.63, 3.8) is 0 Å². The van der Waals surface area contributed by atoms with Gasteiger partial charge in [0.2, 0.25) is 0 Å². The highest BCUT2D eigenvalue weighted by molar-refractivity contribution is 14.0. The molecule has 116 valence electrons. The third kappa shape index (κ3) is 7.24. The lowest BCUT2D eigenvalue weighted by Crippen LogP contribution is -2.37. The number of nitrogens with zero attached hydrogens (tertiary/aromatic N) is 2. The molecule has 7 heteroatoms. The van der Waals surface area contributed by atoms with E-state index in [1.807, 2.05) is 6.07 Å². The SMILES string of the molecule is CN=C(NCCCOC)NCc1cc(C#N)ccc1F.I. The van der Waals surface area contributed by atoms with Crippen LogP contribution in [-0.2, 0) is 11.3 Å². The van der Waals surface area contributed by atoms with Gasteiger partial charge in [-0.2, -0.15) is 5.26 Å². The Morgan fingerprint density at radius 3 is 2.81 bits per heavy atom. The van der Waals surface area contributed by atoms with E-state index in [0.717, 1.165) is 6.42 Å². The van der Waals surface area contributed by atoms with Crippen LogP contribution in [0.15, 0.2) is 23.2 Å². The minimum Gasteiger partial charge on any atom is -0.385 e. The lowest BCUT2D eigenvalue weighted by molar-refractivity contribution is 0.195. The summed E-state index contributed by atoms with van der Waals surface area (Å²) in [6.45, 7) is 1.66. The first kappa shape index (κ1) is 19.6. The Balaban J connectivity index is 0.00000400. The van der Waals surface area contributed by atoms with Crippen LogP contribution >= 0.6 is 24.0 Å². The number of methoxy groups -OCH3 is 1. The number of nitrogens with one attached hydrogen (secondary N) is 2. The second kappa shape index (κ2) is 11.3. The third-order valence-corrected chi connectivity index (χ3v) is 2.66. The van der Waals surface area contributed by atoms with Gasteiger partial charge in [0.15, 0.2) is 5.96 Å². The number of halogens is 2. The van der Waals surface area contributed by atoms with E-state index in [9.17, 15) is 4.39 Å². The summed E-state index contributed by atoms with van der Waals surface area (Å²) in [7, 11) is 3.30. The Bertz CT molecular complexity index is 502. The summed E-state index contributed by atoms with van der Waals surface area (Å²) in [5.41, 5.74) is 0.870. The second-order valence-corrected chi connectivity index (χ2v) is 4.12. The number of hydrogen-bond donors (Lipinski definition) is 2. The van der Waals surface area contributed by atoms with Crippen LogP contribution in [0.2, 0.25) is 0 Å². The van der Waals surface area contributed by atoms with Crippen molar-refractivity contribution in [1.29, 1.82) is 5.26 Å². The molecule has 0 amide bonds. The predicted octanol–water partition coefficient (Wildman–Crippen LogP) is 2.02. The van der Waals surface area contributed by atoms with Gasteiger partial charge in [0.05, 0.1) is 11.6 Å². The number of aliphatic imine (C=N–C) groups is 1. The largest absolute Gasteiger partial charge is 0.385 e. The first-order valence-corrected chi connectivity index (χ1v) is 6.33. The Kier molecular flexibility index (Phi) is 10.5. The number of hydrogen-bond acceptors (Lipinski definition) is 3. The van der Waals surface area contributed by atoms with Crippen LogP contribution in [0.25, 0.3) is 0 Å². The van der Waals surface area contributed by atoms with E-state index in [4.69, 9.17) is 10.00 Å². The molecule has 0 aliphatic rings. The van der Waals surface area contributed by atoms with Crippen molar-refractivity contribution >= 4 is 29.9 Å². The van der Waals surface area contributed by atoms with Crippen LogP contribution in [0.5, 0.6) is 0 Å². The van der Waals surface area contributed by atoms with Crippen molar-refractivity contribution < 1.29 is 9.13 Å². The quantitative estimate of drug-likeness (QED) is 0.328. The summed E-state index contributed by atoms with van der Waals surface area (Å²) in [6, 6.07) is 6.27. The Morgan fingerprint density at radius 2 is 2.19 bits per heavy atom. The van der Waals surface area contributed by atoms with Gasteiger partial charge in [-0.3, -0.25) is 4.99 Å². The Labute approximate surface area is 141 Å².